The monoisotopic (exact) mass is 289 g/mol. The third kappa shape index (κ3) is 4.39. The van der Waals surface area contributed by atoms with Gasteiger partial charge in [-0.05, 0) is 18.6 Å². The van der Waals surface area contributed by atoms with Gasteiger partial charge in [-0.1, -0.05) is 49.4 Å². The Morgan fingerprint density at radius 2 is 2.00 bits per heavy atom. The van der Waals surface area contributed by atoms with Crippen LogP contribution in [0, 0.1) is 0 Å². The first kappa shape index (κ1) is 15.1. The third-order valence-corrected chi connectivity index (χ3v) is 3.30. The number of anilines is 1. The molecule has 0 spiro atoms. The van der Waals surface area contributed by atoms with Crippen LogP contribution in [-0.2, 0) is 4.74 Å². The van der Waals surface area contributed by atoms with Crippen molar-refractivity contribution in [3.63, 3.8) is 0 Å². The van der Waals surface area contributed by atoms with E-state index in [0.717, 1.165) is 25.7 Å². The van der Waals surface area contributed by atoms with Crippen molar-refractivity contribution in [2.24, 2.45) is 0 Å². The fourth-order valence-electron chi connectivity index (χ4n) is 1.53. The molecule has 0 bridgehead atoms. The summed E-state index contributed by atoms with van der Waals surface area (Å²) in [5.41, 5.74) is 6.22. The molecule has 0 aliphatic carbocycles. The molecule has 0 heterocycles. The zero-order chi connectivity index (χ0) is 13.5. The van der Waals surface area contributed by atoms with Crippen molar-refractivity contribution in [3.05, 3.63) is 27.7 Å². The Kier molecular flexibility index (Phi) is 6.30. The molecular formula is C13H17Cl2NO2. The van der Waals surface area contributed by atoms with Gasteiger partial charge in [-0.3, -0.25) is 0 Å². The van der Waals surface area contributed by atoms with E-state index in [9.17, 15) is 4.79 Å². The molecule has 0 aliphatic rings. The number of carbonyl (C=O) groups is 1. The quantitative estimate of drug-likeness (QED) is 0.482. The molecular weight excluding hydrogens is 273 g/mol. The molecule has 1 aromatic rings. The van der Waals surface area contributed by atoms with Gasteiger partial charge in [-0.2, -0.15) is 0 Å². The van der Waals surface area contributed by atoms with Crippen molar-refractivity contribution in [3.8, 4) is 0 Å². The number of halogens is 2. The van der Waals surface area contributed by atoms with Gasteiger partial charge in [-0.25, -0.2) is 4.79 Å². The molecule has 0 saturated carbocycles. The summed E-state index contributed by atoms with van der Waals surface area (Å²) in [4.78, 5) is 11.8. The highest BCUT2D eigenvalue weighted by molar-refractivity contribution is 6.44. The number of nitrogens with two attached hydrogens (primary N) is 1. The van der Waals surface area contributed by atoms with Crippen molar-refractivity contribution >= 4 is 34.9 Å². The van der Waals surface area contributed by atoms with E-state index in [1.54, 1.807) is 0 Å². The van der Waals surface area contributed by atoms with Gasteiger partial charge in [-0.15, -0.1) is 0 Å². The van der Waals surface area contributed by atoms with Gasteiger partial charge >= 0.3 is 5.97 Å². The van der Waals surface area contributed by atoms with Gasteiger partial charge in [0.15, 0.2) is 0 Å². The Labute approximate surface area is 117 Å². The predicted octanol–water partition coefficient (Wildman–Crippen LogP) is 4.31. The van der Waals surface area contributed by atoms with Crippen LogP contribution >= 0.6 is 23.2 Å². The second-order valence-corrected chi connectivity index (χ2v) is 4.85. The molecule has 0 atom stereocenters. The Bertz CT molecular complexity index is 422. The number of unbranched alkanes of at least 4 members (excludes halogenated alkanes) is 3. The summed E-state index contributed by atoms with van der Waals surface area (Å²) in [6.45, 7) is 2.52. The number of benzene rings is 1. The molecule has 0 aliphatic heterocycles. The maximum Gasteiger partial charge on any atom is 0.339 e. The minimum absolute atomic E-state index is 0.185. The molecule has 0 fully saturated rings. The lowest BCUT2D eigenvalue weighted by Gasteiger charge is -2.08. The zero-order valence-electron chi connectivity index (χ0n) is 10.3. The molecule has 2 N–H and O–H groups in total. The number of nitrogen functional groups attached to an aromatic ring is 1. The molecule has 0 unspecified atom stereocenters. The highest BCUT2D eigenvalue weighted by Crippen LogP contribution is 2.29. The first-order valence-electron chi connectivity index (χ1n) is 5.98. The highest BCUT2D eigenvalue weighted by Gasteiger charge is 2.15. The van der Waals surface area contributed by atoms with Crippen molar-refractivity contribution in [2.75, 3.05) is 12.3 Å². The Morgan fingerprint density at radius 3 is 2.67 bits per heavy atom. The smallest absolute Gasteiger partial charge is 0.339 e. The molecule has 1 rings (SSSR count). The molecule has 0 aromatic heterocycles. The average molecular weight is 290 g/mol. The first-order valence-corrected chi connectivity index (χ1v) is 6.73. The lowest BCUT2D eigenvalue weighted by atomic mass is 10.2. The Morgan fingerprint density at radius 1 is 1.28 bits per heavy atom. The summed E-state index contributed by atoms with van der Waals surface area (Å²) >= 11 is 11.8. The van der Waals surface area contributed by atoms with Crippen molar-refractivity contribution in [2.45, 2.75) is 32.6 Å². The lowest BCUT2D eigenvalue weighted by molar-refractivity contribution is 0.0498. The van der Waals surface area contributed by atoms with Crippen LogP contribution in [0.2, 0.25) is 10.0 Å². The molecule has 100 valence electrons. The fraction of sp³-hybridized carbons (Fsp3) is 0.462. The van der Waals surface area contributed by atoms with Crippen LogP contribution in [0.3, 0.4) is 0 Å². The summed E-state index contributed by atoms with van der Waals surface area (Å²) in [5.74, 6) is -0.481. The third-order valence-electron chi connectivity index (χ3n) is 2.50. The van der Waals surface area contributed by atoms with Crippen molar-refractivity contribution in [1.29, 1.82) is 0 Å². The van der Waals surface area contributed by atoms with E-state index in [0.29, 0.717) is 12.3 Å². The van der Waals surface area contributed by atoms with Crippen molar-refractivity contribution < 1.29 is 9.53 Å². The van der Waals surface area contributed by atoms with E-state index in [1.165, 1.54) is 12.1 Å². The van der Waals surface area contributed by atoms with Crippen LogP contribution < -0.4 is 5.73 Å². The molecule has 3 nitrogen and oxygen atoms in total. The lowest BCUT2D eigenvalue weighted by Crippen LogP contribution is -2.08. The van der Waals surface area contributed by atoms with E-state index in [4.69, 9.17) is 33.7 Å². The highest BCUT2D eigenvalue weighted by atomic mass is 35.5. The zero-order valence-corrected chi connectivity index (χ0v) is 11.9. The van der Waals surface area contributed by atoms with Gasteiger partial charge in [0.05, 0.1) is 22.2 Å². The summed E-state index contributed by atoms with van der Waals surface area (Å²) in [7, 11) is 0. The van der Waals surface area contributed by atoms with Crippen LogP contribution in [0.25, 0.3) is 0 Å². The van der Waals surface area contributed by atoms with Crippen LogP contribution in [0.1, 0.15) is 43.0 Å². The number of hydrogen-bond donors (Lipinski definition) is 1. The number of hydrogen-bond acceptors (Lipinski definition) is 3. The summed E-state index contributed by atoms with van der Waals surface area (Å²) < 4.78 is 5.13. The first-order chi connectivity index (χ1) is 8.56. The van der Waals surface area contributed by atoms with Crippen molar-refractivity contribution in [1.82, 2.24) is 0 Å². The normalized spacial score (nSPS) is 10.4. The van der Waals surface area contributed by atoms with Gasteiger partial charge in [0.2, 0.25) is 0 Å². The number of carbonyl (C=O) groups excluding carboxylic acids is 1. The van der Waals surface area contributed by atoms with Gasteiger partial charge in [0, 0.05) is 5.69 Å². The molecule has 0 amide bonds. The summed E-state index contributed by atoms with van der Waals surface area (Å²) in [6.07, 6.45) is 4.19. The van der Waals surface area contributed by atoms with Gasteiger partial charge in [0.25, 0.3) is 0 Å². The maximum atomic E-state index is 11.8. The van der Waals surface area contributed by atoms with E-state index >= 15 is 0 Å². The molecule has 1 aromatic carbocycles. The SMILES string of the molecule is CCCCCCOC(=O)c1cc(N)cc(Cl)c1Cl. The number of rotatable bonds is 6. The van der Waals surface area contributed by atoms with E-state index in [1.807, 2.05) is 0 Å². The molecule has 5 heteroatoms. The molecule has 0 radical (unpaired) electrons. The topological polar surface area (TPSA) is 52.3 Å². The van der Waals surface area contributed by atoms with Crippen LogP contribution in [0.5, 0.6) is 0 Å². The average Bonchev–Trinajstić information content (AvgIpc) is 2.33. The van der Waals surface area contributed by atoms with Crippen LogP contribution in [0.4, 0.5) is 5.69 Å². The maximum absolute atomic E-state index is 11.8. The number of esters is 1. The Balaban J connectivity index is 2.56. The minimum Gasteiger partial charge on any atom is -0.462 e. The molecule has 18 heavy (non-hydrogen) atoms. The fourth-order valence-corrected chi connectivity index (χ4v) is 1.94. The number of ether oxygens (including phenoxy) is 1. The van der Waals surface area contributed by atoms with Gasteiger partial charge in [0.1, 0.15) is 0 Å². The summed E-state index contributed by atoms with van der Waals surface area (Å²) in [5, 5.41) is 0.444. The van der Waals surface area contributed by atoms with Crippen LogP contribution in [-0.4, -0.2) is 12.6 Å². The summed E-state index contributed by atoms with van der Waals surface area (Å²) in [6, 6.07) is 2.98. The Hall–Kier alpha value is -0.930. The second-order valence-electron chi connectivity index (χ2n) is 4.06. The predicted molar refractivity (Wildman–Crippen MR) is 75.3 cm³/mol. The largest absolute Gasteiger partial charge is 0.462 e. The minimum atomic E-state index is -0.481. The van der Waals surface area contributed by atoms with E-state index in [2.05, 4.69) is 6.92 Å². The van der Waals surface area contributed by atoms with Gasteiger partial charge < -0.3 is 10.5 Å². The van der Waals surface area contributed by atoms with E-state index < -0.39 is 5.97 Å². The second kappa shape index (κ2) is 7.49. The standard InChI is InChI=1S/C13H17Cl2NO2/c1-2-3-4-5-6-18-13(17)10-7-9(16)8-11(14)12(10)15/h7-8H,2-6,16H2,1H3. The van der Waals surface area contributed by atoms with E-state index in [-0.39, 0.29) is 15.6 Å². The molecule has 0 saturated heterocycles. The van der Waals surface area contributed by atoms with Crippen LogP contribution in [0.15, 0.2) is 12.1 Å².